The maximum absolute atomic E-state index is 13.0. The van der Waals surface area contributed by atoms with Crippen molar-refractivity contribution >= 4 is 28.3 Å². The van der Waals surface area contributed by atoms with Gasteiger partial charge in [-0.1, -0.05) is 0 Å². The molecule has 1 saturated heterocycles. The molecule has 3 aromatic rings. The molecule has 2 amide bonds. The van der Waals surface area contributed by atoms with Crippen LogP contribution in [0.15, 0.2) is 41.9 Å². The number of amides is 2. The van der Waals surface area contributed by atoms with Crippen LogP contribution in [0.4, 0.5) is 5.13 Å². The van der Waals surface area contributed by atoms with Crippen molar-refractivity contribution in [2.45, 2.75) is 26.7 Å². The second kappa shape index (κ2) is 8.16. The molecular formula is C21H23N5O2S. The Hall–Kier alpha value is -3.00. The Morgan fingerprint density at radius 2 is 2.00 bits per heavy atom. The third kappa shape index (κ3) is 4.22. The Morgan fingerprint density at radius 3 is 2.66 bits per heavy atom. The van der Waals surface area contributed by atoms with Crippen molar-refractivity contribution in [3.63, 3.8) is 0 Å². The number of nitrogens with zero attached hydrogens (tertiary/aromatic N) is 4. The molecule has 1 aromatic carbocycles. The summed E-state index contributed by atoms with van der Waals surface area (Å²) in [6, 6.07) is 9.48. The zero-order valence-corrected chi connectivity index (χ0v) is 17.3. The van der Waals surface area contributed by atoms with E-state index in [1.165, 1.54) is 11.3 Å². The molecule has 1 N–H and O–H groups in total. The van der Waals surface area contributed by atoms with Crippen LogP contribution in [-0.2, 0) is 4.79 Å². The quantitative estimate of drug-likeness (QED) is 0.716. The normalized spacial score (nSPS) is 16.6. The minimum absolute atomic E-state index is 0.0448. The molecule has 1 atom stereocenters. The van der Waals surface area contributed by atoms with E-state index < -0.39 is 0 Å². The van der Waals surface area contributed by atoms with Crippen LogP contribution in [0.1, 0.15) is 34.6 Å². The summed E-state index contributed by atoms with van der Waals surface area (Å²) < 4.78 is 1.86. The number of nitrogens with one attached hydrogen (secondary N) is 1. The standard InChI is InChI=1S/C21H23N5O2S/c1-14-12-15(2)26(24-14)18-7-5-16(6-8-18)20(28)25-10-3-4-17(13-25)19(27)23-21-22-9-11-29-21/h5-9,11-12,17H,3-4,10,13H2,1-2H3,(H,22,23,27). The smallest absolute Gasteiger partial charge is 0.253 e. The molecule has 1 aliphatic rings. The van der Waals surface area contributed by atoms with E-state index in [1.807, 2.05) is 54.2 Å². The van der Waals surface area contributed by atoms with E-state index in [2.05, 4.69) is 15.4 Å². The summed E-state index contributed by atoms with van der Waals surface area (Å²) in [6.07, 6.45) is 3.25. The molecule has 4 rings (SSSR count). The van der Waals surface area contributed by atoms with Crippen LogP contribution in [0, 0.1) is 19.8 Å². The third-order valence-corrected chi connectivity index (χ3v) is 5.80. The van der Waals surface area contributed by atoms with Gasteiger partial charge in [-0.05, 0) is 57.0 Å². The van der Waals surface area contributed by atoms with E-state index in [4.69, 9.17) is 0 Å². The molecule has 150 valence electrons. The van der Waals surface area contributed by atoms with Crippen LogP contribution in [-0.4, -0.2) is 44.6 Å². The topological polar surface area (TPSA) is 80.1 Å². The molecule has 0 aliphatic carbocycles. The van der Waals surface area contributed by atoms with Crippen LogP contribution >= 0.6 is 11.3 Å². The molecule has 0 bridgehead atoms. The Balaban J connectivity index is 1.43. The SMILES string of the molecule is Cc1cc(C)n(-c2ccc(C(=O)N3CCCC(C(=O)Nc4nccs4)C3)cc2)n1. The molecule has 0 saturated carbocycles. The van der Waals surface area contributed by atoms with Crippen LogP contribution < -0.4 is 5.32 Å². The van der Waals surface area contributed by atoms with Crippen molar-refractivity contribution in [2.24, 2.45) is 5.92 Å². The van der Waals surface area contributed by atoms with Gasteiger partial charge in [-0.15, -0.1) is 11.3 Å². The van der Waals surface area contributed by atoms with Gasteiger partial charge in [0.15, 0.2) is 5.13 Å². The molecule has 0 radical (unpaired) electrons. The maximum atomic E-state index is 13.0. The van der Waals surface area contributed by atoms with E-state index in [-0.39, 0.29) is 17.7 Å². The molecule has 0 spiro atoms. The highest BCUT2D eigenvalue weighted by Crippen LogP contribution is 2.22. The van der Waals surface area contributed by atoms with Gasteiger partial charge in [0.1, 0.15) is 0 Å². The molecule has 1 unspecified atom stereocenters. The van der Waals surface area contributed by atoms with Gasteiger partial charge >= 0.3 is 0 Å². The summed E-state index contributed by atoms with van der Waals surface area (Å²) >= 11 is 1.39. The first-order valence-electron chi connectivity index (χ1n) is 9.64. The van der Waals surface area contributed by atoms with Gasteiger partial charge in [-0.3, -0.25) is 9.59 Å². The Labute approximate surface area is 173 Å². The van der Waals surface area contributed by atoms with Crippen molar-refractivity contribution in [3.05, 3.63) is 58.9 Å². The van der Waals surface area contributed by atoms with Gasteiger partial charge in [-0.25, -0.2) is 9.67 Å². The number of hydrogen-bond acceptors (Lipinski definition) is 5. The van der Waals surface area contributed by atoms with Gasteiger partial charge in [0, 0.05) is 35.9 Å². The number of benzene rings is 1. The fourth-order valence-electron chi connectivity index (χ4n) is 3.69. The minimum atomic E-state index is -0.217. The average Bonchev–Trinajstić information content (AvgIpc) is 3.36. The van der Waals surface area contributed by atoms with Crippen molar-refractivity contribution < 1.29 is 9.59 Å². The summed E-state index contributed by atoms with van der Waals surface area (Å²) in [5.74, 6) is -0.334. The van der Waals surface area contributed by atoms with Crippen LogP contribution in [0.5, 0.6) is 0 Å². The van der Waals surface area contributed by atoms with E-state index in [0.717, 1.165) is 29.9 Å². The zero-order chi connectivity index (χ0) is 20.4. The number of piperidine rings is 1. The Kier molecular flexibility index (Phi) is 5.44. The lowest BCUT2D eigenvalue weighted by Gasteiger charge is -2.32. The van der Waals surface area contributed by atoms with E-state index >= 15 is 0 Å². The highest BCUT2D eigenvalue weighted by Gasteiger charge is 2.29. The number of anilines is 1. The molecule has 8 heteroatoms. The summed E-state index contributed by atoms with van der Waals surface area (Å²) in [7, 11) is 0. The van der Waals surface area contributed by atoms with Gasteiger partial charge < -0.3 is 10.2 Å². The lowest BCUT2D eigenvalue weighted by Crippen LogP contribution is -2.43. The molecule has 7 nitrogen and oxygen atoms in total. The van der Waals surface area contributed by atoms with Crippen molar-refractivity contribution in [1.82, 2.24) is 19.7 Å². The van der Waals surface area contributed by atoms with Gasteiger partial charge in [0.25, 0.3) is 5.91 Å². The molecule has 2 aromatic heterocycles. The average molecular weight is 410 g/mol. The highest BCUT2D eigenvalue weighted by molar-refractivity contribution is 7.13. The predicted molar refractivity (Wildman–Crippen MR) is 112 cm³/mol. The number of carbonyl (C=O) groups is 2. The van der Waals surface area contributed by atoms with Gasteiger partial charge in [-0.2, -0.15) is 5.10 Å². The summed E-state index contributed by atoms with van der Waals surface area (Å²) in [4.78, 5) is 31.3. The van der Waals surface area contributed by atoms with E-state index in [1.54, 1.807) is 11.1 Å². The number of hydrogen-bond donors (Lipinski definition) is 1. The summed E-state index contributed by atoms with van der Waals surface area (Å²) in [5.41, 5.74) is 3.55. The largest absolute Gasteiger partial charge is 0.338 e. The minimum Gasteiger partial charge on any atom is -0.338 e. The summed E-state index contributed by atoms with van der Waals surface area (Å²) in [5, 5.41) is 9.74. The Bertz CT molecular complexity index is 1010. The number of carbonyl (C=O) groups excluding carboxylic acids is 2. The molecule has 1 aliphatic heterocycles. The molecule has 29 heavy (non-hydrogen) atoms. The van der Waals surface area contributed by atoms with E-state index in [9.17, 15) is 9.59 Å². The van der Waals surface area contributed by atoms with Crippen molar-refractivity contribution in [1.29, 1.82) is 0 Å². The second-order valence-corrected chi connectivity index (χ2v) is 8.20. The van der Waals surface area contributed by atoms with Crippen molar-refractivity contribution in [3.8, 4) is 5.69 Å². The first-order chi connectivity index (χ1) is 14.0. The van der Waals surface area contributed by atoms with Crippen molar-refractivity contribution in [2.75, 3.05) is 18.4 Å². The number of aryl methyl sites for hydroxylation is 2. The summed E-state index contributed by atoms with van der Waals surface area (Å²) in [6.45, 7) is 5.05. The number of aromatic nitrogens is 3. The lowest BCUT2D eigenvalue weighted by atomic mass is 9.96. The van der Waals surface area contributed by atoms with E-state index in [0.29, 0.717) is 23.8 Å². The first-order valence-corrected chi connectivity index (χ1v) is 10.5. The van der Waals surface area contributed by atoms with Crippen LogP contribution in [0.25, 0.3) is 5.69 Å². The van der Waals surface area contributed by atoms with Gasteiger partial charge in [0.2, 0.25) is 5.91 Å². The third-order valence-electron chi connectivity index (χ3n) is 5.11. The second-order valence-electron chi connectivity index (χ2n) is 7.30. The number of likely N-dealkylation sites (tertiary alicyclic amines) is 1. The fraction of sp³-hybridized carbons (Fsp3) is 0.333. The molecule has 3 heterocycles. The fourth-order valence-corrected chi connectivity index (χ4v) is 4.22. The van der Waals surface area contributed by atoms with Gasteiger partial charge in [0.05, 0.1) is 17.3 Å². The monoisotopic (exact) mass is 409 g/mol. The van der Waals surface area contributed by atoms with Crippen LogP contribution in [0.2, 0.25) is 0 Å². The Morgan fingerprint density at radius 1 is 1.21 bits per heavy atom. The number of rotatable bonds is 4. The van der Waals surface area contributed by atoms with Crippen LogP contribution in [0.3, 0.4) is 0 Å². The molecule has 1 fully saturated rings. The zero-order valence-electron chi connectivity index (χ0n) is 16.5. The maximum Gasteiger partial charge on any atom is 0.253 e. The molecular weight excluding hydrogens is 386 g/mol. The lowest BCUT2D eigenvalue weighted by molar-refractivity contribution is -0.121. The highest BCUT2D eigenvalue weighted by atomic mass is 32.1. The first kappa shape index (κ1) is 19.3. The predicted octanol–water partition coefficient (Wildman–Crippen LogP) is 3.44. The number of thiazole rings is 1.